The molecule has 0 aromatic heterocycles. The van der Waals surface area contributed by atoms with Gasteiger partial charge in [0.15, 0.2) is 0 Å². The highest BCUT2D eigenvalue weighted by atomic mass is 35.5. The van der Waals surface area contributed by atoms with Crippen LogP contribution in [0.5, 0.6) is 0 Å². The normalized spacial score (nSPS) is 12.3. The third-order valence-corrected chi connectivity index (χ3v) is 3.88. The minimum Gasteiger partial charge on any atom is -0.395 e. The number of rotatable bonds is 7. The predicted octanol–water partition coefficient (Wildman–Crippen LogP) is 0.259. The van der Waals surface area contributed by atoms with E-state index in [2.05, 4.69) is 0 Å². The molecule has 0 radical (unpaired) electrons. The highest BCUT2D eigenvalue weighted by molar-refractivity contribution is 7.89. The Bertz CT molecular complexity index is 218. The van der Waals surface area contributed by atoms with Crippen molar-refractivity contribution in [2.45, 2.75) is 12.8 Å². The van der Waals surface area contributed by atoms with Crippen molar-refractivity contribution in [1.29, 1.82) is 0 Å². The lowest BCUT2D eigenvalue weighted by Gasteiger charge is -2.15. The van der Waals surface area contributed by atoms with Crippen LogP contribution in [0.1, 0.15) is 12.8 Å². The summed E-state index contributed by atoms with van der Waals surface area (Å²) in [5.41, 5.74) is 0. The van der Waals surface area contributed by atoms with E-state index in [0.29, 0.717) is 18.7 Å². The zero-order valence-corrected chi connectivity index (χ0v) is 9.31. The number of hydrogen-bond donors (Lipinski definition) is 1. The molecular weight excluding hydrogens is 214 g/mol. The molecule has 4 nitrogen and oxygen atoms in total. The molecule has 0 atom stereocenters. The SMILES string of the molecule is CN(CCO)S(=O)(=O)CCCCCl. The summed E-state index contributed by atoms with van der Waals surface area (Å²) in [6, 6.07) is 0. The molecule has 0 heterocycles. The van der Waals surface area contributed by atoms with Crippen molar-refractivity contribution in [3.8, 4) is 0 Å². The van der Waals surface area contributed by atoms with Crippen LogP contribution in [0.15, 0.2) is 0 Å². The highest BCUT2D eigenvalue weighted by Crippen LogP contribution is 2.02. The summed E-state index contributed by atoms with van der Waals surface area (Å²) in [4.78, 5) is 0. The monoisotopic (exact) mass is 229 g/mol. The summed E-state index contributed by atoms with van der Waals surface area (Å²) in [7, 11) is -1.72. The van der Waals surface area contributed by atoms with Crippen molar-refractivity contribution in [2.75, 3.05) is 31.8 Å². The van der Waals surface area contributed by atoms with Crippen molar-refractivity contribution in [2.24, 2.45) is 0 Å². The minimum absolute atomic E-state index is 0.107. The standard InChI is InChI=1S/C7H16ClNO3S/c1-9(5-6-10)13(11,12)7-3-2-4-8/h10H,2-7H2,1H3. The second-order valence-corrected chi connectivity index (χ2v) is 5.33. The maximum Gasteiger partial charge on any atom is 0.213 e. The van der Waals surface area contributed by atoms with Gasteiger partial charge in [0.05, 0.1) is 12.4 Å². The summed E-state index contributed by atoms with van der Waals surface area (Å²) >= 11 is 5.42. The first-order valence-electron chi connectivity index (χ1n) is 4.15. The maximum absolute atomic E-state index is 11.4. The summed E-state index contributed by atoms with van der Waals surface area (Å²) < 4.78 is 23.9. The van der Waals surface area contributed by atoms with E-state index in [4.69, 9.17) is 16.7 Å². The van der Waals surface area contributed by atoms with Gasteiger partial charge in [-0.05, 0) is 12.8 Å². The van der Waals surface area contributed by atoms with E-state index in [1.807, 2.05) is 0 Å². The Balaban J connectivity index is 3.92. The molecule has 0 aliphatic rings. The van der Waals surface area contributed by atoms with Gasteiger partial charge >= 0.3 is 0 Å². The van der Waals surface area contributed by atoms with Crippen LogP contribution in [0.2, 0.25) is 0 Å². The Morgan fingerprint density at radius 2 is 2.00 bits per heavy atom. The Morgan fingerprint density at radius 1 is 1.38 bits per heavy atom. The van der Waals surface area contributed by atoms with Gasteiger partial charge in [0.2, 0.25) is 10.0 Å². The van der Waals surface area contributed by atoms with Crippen molar-refractivity contribution >= 4 is 21.6 Å². The summed E-state index contributed by atoms with van der Waals surface area (Å²) in [6.07, 6.45) is 1.27. The van der Waals surface area contributed by atoms with Gasteiger partial charge in [-0.25, -0.2) is 12.7 Å². The fourth-order valence-electron chi connectivity index (χ4n) is 0.815. The van der Waals surface area contributed by atoms with E-state index in [1.165, 1.54) is 11.4 Å². The van der Waals surface area contributed by atoms with E-state index < -0.39 is 10.0 Å². The van der Waals surface area contributed by atoms with Gasteiger partial charge in [-0.15, -0.1) is 11.6 Å². The predicted molar refractivity (Wildman–Crippen MR) is 53.5 cm³/mol. The number of aliphatic hydroxyl groups excluding tert-OH is 1. The first-order chi connectivity index (χ1) is 6.04. The van der Waals surface area contributed by atoms with Gasteiger partial charge in [0.1, 0.15) is 0 Å². The molecule has 0 saturated heterocycles. The van der Waals surface area contributed by atoms with Crippen molar-refractivity contribution < 1.29 is 13.5 Å². The fraction of sp³-hybridized carbons (Fsp3) is 1.00. The molecule has 0 saturated carbocycles. The average Bonchev–Trinajstić information content (AvgIpc) is 2.05. The van der Waals surface area contributed by atoms with E-state index in [-0.39, 0.29) is 18.9 Å². The Morgan fingerprint density at radius 3 is 2.46 bits per heavy atom. The molecule has 13 heavy (non-hydrogen) atoms. The summed E-state index contributed by atoms with van der Waals surface area (Å²) in [6.45, 7) is 0.00838. The number of alkyl halides is 1. The number of aliphatic hydroxyl groups is 1. The van der Waals surface area contributed by atoms with Crippen molar-refractivity contribution in [3.05, 3.63) is 0 Å². The Labute approximate surface area is 84.5 Å². The first kappa shape index (κ1) is 13.2. The van der Waals surface area contributed by atoms with Crippen molar-refractivity contribution in [1.82, 2.24) is 4.31 Å². The van der Waals surface area contributed by atoms with Crippen LogP contribution in [-0.2, 0) is 10.0 Å². The van der Waals surface area contributed by atoms with Gasteiger partial charge in [-0.2, -0.15) is 0 Å². The Kier molecular flexibility index (Phi) is 6.67. The lowest BCUT2D eigenvalue weighted by atomic mass is 10.4. The van der Waals surface area contributed by atoms with Gasteiger partial charge in [0.25, 0.3) is 0 Å². The molecule has 0 aromatic rings. The molecule has 0 spiro atoms. The lowest BCUT2D eigenvalue weighted by molar-refractivity contribution is 0.266. The van der Waals surface area contributed by atoms with Crippen LogP contribution in [0, 0.1) is 0 Å². The molecule has 80 valence electrons. The van der Waals surface area contributed by atoms with Crippen LogP contribution in [-0.4, -0.2) is 49.7 Å². The number of sulfonamides is 1. The number of nitrogens with zero attached hydrogens (tertiary/aromatic N) is 1. The maximum atomic E-state index is 11.4. The fourth-order valence-corrected chi connectivity index (χ4v) is 2.24. The average molecular weight is 230 g/mol. The summed E-state index contributed by atoms with van der Waals surface area (Å²) in [5.74, 6) is 0.593. The number of halogens is 1. The zero-order valence-electron chi connectivity index (χ0n) is 7.74. The minimum atomic E-state index is -3.18. The molecule has 0 fully saturated rings. The molecule has 6 heteroatoms. The van der Waals surface area contributed by atoms with Gasteiger partial charge in [0, 0.05) is 19.5 Å². The van der Waals surface area contributed by atoms with Crippen LogP contribution < -0.4 is 0 Å². The third-order valence-electron chi connectivity index (χ3n) is 1.68. The molecule has 1 N–H and O–H groups in total. The molecule has 0 aromatic carbocycles. The zero-order chi connectivity index (χ0) is 10.3. The molecule has 0 rings (SSSR count). The largest absolute Gasteiger partial charge is 0.395 e. The van der Waals surface area contributed by atoms with Crippen molar-refractivity contribution in [3.63, 3.8) is 0 Å². The number of unbranched alkanes of at least 4 members (excludes halogenated alkanes) is 1. The van der Waals surface area contributed by atoms with E-state index in [0.717, 1.165) is 0 Å². The van der Waals surface area contributed by atoms with E-state index in [1.54, 1.807) is 0 Å². The highest BCUT2D eigenvalue weighted by Gasteiger charge is 2.15. The quantitative estimate of drug-likeness (QED) is 0.503. The van der Waals surface area contributed by atoms with Crippen LogP contribution in [0.4, 0.5) is 0 Å². The second-order valence-electron chi connectivity index (χ2n) is 2.76. The third kappa shape index (κ3) is 5.46. The number of likely N-dealkylation sites (N-methyl/N-ethyl adjacent to an activating group) is 1. The first-order valence-corrected chi connectivity index (χ1v) is 6.30. The topological polar surface area (TPSA) is 57.6 Å². The smallest absolute Gasteiger partial charge is 0.213 e. The van der Waals surface area contributed by atoms with Gasteiger partial charge in [-0.1, -0.05) is 0 Å². The molecule has 0 amide bonds. The van der Waals surface area contributed by atoms with E-state index in [9.17, 15) is 8.42 Å². The Hall–Kier alpha value is 0.160. The van der Waals surface area contributed by atoms with E-state index >= 15 is 0 Å². The molecule has 0 aliphatic heterocycles. The number of hydrogen-bond acceptors (Lipinski definition) is 3. The van der Waals surface area contributed by atoms with Gasteiger partial charge in [-0.3, -0.25) is 0 Å². The summed E-state index contributed by atoms with van der Waals surface area (Å²) in [5, 5.41) is 8.54. The van der Waals surface area contributed by atoms with Crippen LogP contribution >= 0.6 is 11.6 Å². The second kappa shape index (κ2) is 6.59. The van der Waals surface area contributed by atoms with Gasteiger partial charge < -0.3 is 5.11 Å². The lowest BCUT2D eigenvalue weighted by Crippen LogP contribution is -2.31. The molecule has 0 aliphatic carbocycles. The van der Waals surface area contributed by atoms with Crippen LogP contribution in [0.25, 0.3) is 0 Å². The molecule has 0 unspecified atom stereocenters. The van der Waals surface area contributed by atoms with Crippen LogP contribution in [0.3, 0.4) is 0 Å². The molecule has 0 bridgehead atoms. The molecular formula is C7H16ClNO3S.